The SMILES string of the molecule is O=C(O)CC(CCC=S)C(=O)O. The summed E-state index contributed by atoms with van der Waals surface area (Å²) in [6, 6.07) is 0. The molecule has 0 aliphatic heterocycles. The van der Waals surface area contributed by atoms with E-state index >= 15 is 0 Å². The van der Waals surface area contributed by atoms with Gasteiger partial charge in [-0.25, -0.2) is 0 Å². The van der Waals surface area contributed by atoms with Gasteiger partial charge in [0, 0.05) is 0 Å². The van der Waals surface area contributed by atoms with Crippen LogP contribution in [0.3, 0.4) is 0 Å². The van der Waals surface area contributed by atoms with Crippen molar-refractivity contribution in [1.29, 1.82) is 0 Å². The molecule has 0 aliphatic rings. The van der Waals surface area contributed by atoms with Gasteiger partial charge in [-0.15, -0.1) is 0 Å². The average Bonchev–Trinajstić information content (AvgIpc) is 1.96. The molecule has 0 bridgehead atoms. The van der Waals surface area contributed by atoms with Crippen LogP contribution in [0.2, 0.25) is 0 Å². The van der Waals surface area contributed by atoms with E-state index in [1.807, 2.05) is 0 Å². The van der Waals surface area contributed by atoms with Gasteiger partial charge in [0.1, 0.15) is 0 Å². The first-order valence-electron chi connectivity index (χ1n) is 3.46. The molecule has 0 aliphatic carbocycles. The van der Waals surface area contributed by atoms with Crippen molar-refractivity contribution in [2.75, 3.05) is 0 Å². The second-order valence-corrected chi connectivity index (χ2v) is 2.71. The van der Waals surface area contributed by atoms with Crippen molar-refractivity contribution < 1.29 is 19.8 Å². The van der Waals surface area contributed by atoms with E-state index < -0.39 is 17.9 Å². The minimum atomic E-state index is -1.09. The van der Waals surface area contributed by atoms with Crippen molar-refractivity contribution >= 4 is 29.5 Å². The molecule has 1 atom stereocenters. The molecule has 0 spiro atoms. The topological polar surface area (TPSA) is 74.6 Å². The highest BCUT2D eigenvalue weighted by atomic mass is 32.1. The van der Waals surface area contributed by atoms with Gasteiger partial charge in [0.05, 0.1) is 12.3 Å². The molecule has 0 saturated carbocycles. The Morgan fingerprint density at radius 3 is 2.33 bits per heavy atom. The van der Waals surface area contributed by atoms with E-state index in [1.165, 1.54) is 5.37 Å². The summed E-state index contributed by atoms with van der Waals surface area (Å²) in [5, 5.41) is 18.3. The largest absolute Gasteiger partial charge is 0.481 e. The van der Waals surface area contributed by atoms with Crippen LogP contribution in [-0.2, 0) is 9.59 Å². The van der Waals surface area contributed by atoms with Crippen molar-refractivity contribution in [3.63, 3.8) is 0 Å². The summed E-state index contributed by atoms with van der Waals surface area (Å²) < 4.78 is 0. The number of thiocarbonyl (C=S) groups is 1. The number of aliphatic carboxylic acids is 2. The molecule has 0 saturated heterocycles. The number of carboxylic acids is 2. The average molecular weight is 190 g/mol. The van der Waals surface area contributed by atoms with E-state index in [0.29, 0.717) is 12.8 Å². The molecule has 0 amide bonds. The van der Waals surface area contributed by atoms with Crippen molar-refractivity contribution in [2.24, 2.45) is 5.92 Å². The smallest absolute Gasteiger partial charge is 0.307 e. The lowest BCUT2D eigenvalue weighted by Crippen LogP contribution is -2.17. The van der Waals surface area contributed by atoms with E-state index in [4.69, 9.17) is 10.2 Å². The first-order chi connectivity index (χ1) is 5.57. The van der Waals surface area contributed by atoms with Crippen molar-refractivity contribution in [3.05, 3.63) is 0 Å². The Labute approximate surface area is 75.2 Å². The minimum Gasteiger partial charge on any atom is -0.481 e. The Kier molecular flexibility index (Phi) is 5.19. The Morgan fingerprint density at radius 1 is 1.42 bits per heavy atom. The second kappa shape index (κ2) is 5.65. The van der Waals surface area contributed by atoms with Gasteiger partial charge in [-0.2, -0.15) is 0 Å². The molecule has 0 fully saturated rings. The highest BCUT2D eigenvalue weighted by Crippen LogP contribution is 2.10. The standard InChI is InChI=1S/C7H10O4S/c8-6(9)4-5(7(10)11)2-1-3-12/h3,5H,1-2,4H2,(H,8,9)(H,10,11). The van der Waals surface area contributed by atoms with Crippen LogP contribution in [0.4, 0.5) is 0 Å². The van der Waals surface area contributed by atoms with Crippen LogP contribution in [0.25, 0.3) is 0 Å². The first kappa shape index (κ1) is 11.0. The quantitative estimate of drug-likeness (QED) is 0.610. The van der Waals surface area contributed by atoms with Gasteiger partial charge in [-0.3, -0.25) is 9.59 Å². The highest BCUT2D eigenvalue weighted by molar-refractivity contribution is 7.78. The lowest BCUT2D eigenvalue weighted by Gasteiger charge is -2.06. The fraction of sp³-hybridized carbons (Fsp3) is 0.571. The molecule has 68 valence electrons. The molecule has 4 nitrogen and oxygen atoms in total. The molecular weight excluding hydrogens is 180 g/mol. The van der Waals surface area contributed by atoms with Gasteiger partial charge in [-0.05, 0) is 18.2 Å². The van der Waals surface area contributed by atoms with Gasteiger partial charge >= 0.3 is 11.9 Å². The van der Waals surface area contributed by atoms with Crippen molar-refractivity contribution in [1.82, 2.24) is 0 Å². The molecule has 2 N–H and O–H groups in total. The van der Waals surface area contributed by atoms with Crippen molar-refractivity contribution in [2.45, 2.75) is 19.3 Å². The van der Waals surface area contributed by atoms with Crippen LogP contribution < -0.4 is 0 Å². The van der Waals surface area contributed by atoms with Crippen LogP contribution in [-0.4, -0.2) is 27.5 Å². The van der Waals surface area contributed by atoms with Gasteiger partial charge < -0.3 is 10.2 Å². The van der Waals surface area contributed by atoms with Gasteiger partial charge in [0.25, 0.3) is 0 Å². The third-order valence-electron chi connectivity index (χ3n) is 1.40. The normalized spacial score (nSPS) is 12.0. The fourth-order valence-electron chi connectivity index (χ4n) is 0.793. The van der Waals surface area contributed by atoms with E-state index in [-0.39, 0.29) is 6.42 Å². The molecular formula is C7H10O4S. The van der Waals surface area contributed by atoms with Crippen LogP contribution in [0.15, 0.2) is 0 Å². The lowest BCUT2D eigenvalue weighted by molar-refractivity contribution is -0.148. The Balaban J connectivity index is 3.94. The van der Waals surface area contributed by atoms with Crippen molar-refractivity contribution in [3.8, 4) is 0 Å². The van der Waals surface area contributed by atoms with E-state index in [0.717, 1.165) is 0 Å². The molecule has 1 unspecified atom stereocenters. The van der Waals surface area contributed by atoms with Gasteiger partial charge in [-0.1, -0.05) is 12.2 Å². The first-order valence-corrected chi connectivity index (χ1v) is 3.93. The zero-order valence-corrected chi connectivity index (χ0v) is 7.21. The summed E-state index contributed by atoms with van der Waals surface area (Å²) in [6.07, 6.45) is 0.420. The van der Waals surface area contributed by atoms with E-state index in [1.54, 1.807) is 0 Å². The third-order valence-corrected chi connectivity index (χ3v) is 1.64. The summed E-state index contributed by atoms with van der Waals surface area (Å²) in [7, 11) is 0. The number of rotatable bonds is 6. The molecule has 0 aromatic heterocycles. The summed E-state index contributed by atoms with van der Waals surface area (Å²) in [5.74, 6) is -2.98. The zero-order valence-electron chi connectivity index (χ0n) is 6.40. The zero-order chi connectivity index (χ0) is 9.56. The van der Waals surface area contributed by atoms with Crippen LogP contribution in [0.1, 0.15) is 19.3 Å². The number of carbonyl (C=O) groups is 2. The van der Waals surface area contributed by atoms with Crippen LogP contribution in [0.5, 0.6) is 0 Å². The molecule has 0 aromatic rings. The molecule has 0 heterocycles. The number of hydrogen-bond donors (Lipinski definition) is 2. The molecule has 5 heteroatoms. The molecule has 12 heavy (non-hydrogen) atoms. The fourth-order valence-corrected chi connectivity index (χ4v) is 0.929. The number of hydrogen-bond acceptors (Lipinski definition) is 3. The van der Waals surface area contributed by atoms with E-state index in [9.17, 15) is 9.59 Å². The molecule has 0 rings (SSSR count). The molecule has 0 radical (unpaired) electrons. The van der Waals surface area contributed by atoms with Crippen LogP contribution in [0, 0.1) is 5.92 Å². The number of carboxylic acid groups (broad SMARTS) is 2. The van der Waals surface area contributed by atoms with Gasteiger partial charge in [0.2, 0.25) is 0 Å². The van der Waals surface area contributed by atoms with Gasteiger partial charge in [0.15, 0.2) is 0 Å². The third kappa shape index (κ3) is 4.79. The summed E-state index contributed by atoms with van der Waals surface area (Å²) >= 11 is 4.51. The Hall–Kier alpha value is -0.970. The molecule has 0 aromatic carbocycles. The lowest BCUT2D eigenvalue weighted by atomic mass is 10.0. The highest BCUT2D eigenvalue weighted by Gasteiger charge is 2.19. The summed E-state index contributed by atoms with van der Waals surface area (Å²) in [6.45, 7) is 0. The maximum atomic E-state index is 10.4. The predicted octanol–water partition coefficient (Wildman–Crippen LogP) is 0.942. The summed E-state index contributed by atoms with van der Waals surface area (Å²) in [4.78, 5) is 20.6. The Morgan fingerprint density at radius 2 is 2.00 bits per heavy atom. The van der Waals surface area contributed by atoms with Crippen LogP contribution >= 0.6 is 12.2 Å². The summed E-state index contributed by atoms with van der Waals surface area (Å²) in [5.41, 5.74) is 0. The van der Waals surface area contributed by atoms with E-state index in [2.05, 4.69) is 12.2 Å². The Bertz CT molecular complexity index is 190. The monoisotopic (exact) mass is 190 g/mol. The maximum absolute atomic E-state index is 10.4. The predicted molar refractivity (Wildman–Crippen MR) is 46.3 cm³/mol. The maximum Gasteiger partial charge on any atom is 0.307 e. The minimum absolute atomic E-state index is 0.297. The second-order valence-electron chi connectivity index (χ2n) is 2.38.